The van der Waals surface area contributed by atoms with Crippen LogP contribution in [0.1, 0.15) is 10.5 Å². The van der Waals surface area contributed by atoms with Crippen LogP contribution in [0.3, 0.4) is 0 Å². The number of morpholine rings is 1. The summed E-state index contributed by atoms with van der Waals surface area (Å²) in [5.41, 5.74) is 0.0191. The van der Waals surface area contributed by atoms with Crippen LogP contribution in [0.15, 0.2) is 12.3 Å². The van der Waals surface area contributed by atoms with Gasteiger partial charge in [-0.25, -0.2) is 0 Å². The Labute approximate surface area is 102 Å². The number of amides is 1. The summed E-state index contributed by atoms with van der Waals surface area (Å²) >= 11 is 0. The number of nitrogens with one attached hydrogen (secondary N) is 1. The van der Waals surface area contributed by atoms with E-state index in [0.29, 0.717) is 13.2 Å². The third-order valence-electron chi connectivity index (χ3n) is 2.74. The molecule has 1 fully saturated rings. The molecule has 1 aliphatic heterocycles. The van der Waals surface area contributed by atoms with Gasteiger partial charge in [-0.15, -0.1) is 0 Å². The zero-order chi connectivity index (χ0) is 13.1. The number of aliphatic hydroxyl groups excluding tert-OH is 1. The first-order chi connectivity index (χ1) is 8.61. The number of ether oxygens (including phenoxy) is 1. The molecule has 0 radical (unpaired) electrons. The number of carbonyl (C=O) groups is 1. The average molecular weight is 255 g/mol. The molecule has 2 heterocycles. The maximum Gasteiger partial charge on any atom is 0.287 e. The number of rotatable bonds is 3. The van der Waals surface area contributed by atoms with E-state index in [1.807, 2.05) is 0 Å². The molecule has 1 aliphatic rings. The Kier molecular flexibility index (Phi) is 3.58. The van der Waals surface area contributed by atoms with Crippen molar-refractivity contribution in [2.24, 2.45) is 0 Å². The van der Waals surface area contributed by atoms with Crippen LogP contribution in [0.4, 0.5) is 5.69 Å². The number of nitro groups is 1. The minimum absolute atomic E-state index is 0.148. The summed E-state index contributed by atoms with van der Waals surface area (Å²) in [6.07, 6.45) is 0.782. The van der Waals surface area contributed by atoms with Crippen molar-refractivity contribution in [3.63, 3.8) is 0 Å². The van der Waals surface area contributed by atoms with Crippen molar-refractivity contribution in [2.75, 3.05) is 26.3 Å². The number of hydrogen-bond donors (Lipinski definition) is 2. The van der Waals surface area contributed by atoms with Gasteiger partial charge in [-0.1, -0.05) is 0 Å². The largest absolute Gasteiger partial charge is 0.394 e. The molecule has 1 saturated heterocycles. The number of aliphatic hydroxyl groups is 1. The fraction of sp³-hybridized carbons (Fsp3) is 0.500. The van der Waals surface area contributed by atoms with E-state index in [9.17, 15) is 14.9 Å². The van der Waals surface area contributed by atoms with Crippen LogP contribution in [0.25, 0.3) is 0 Å². The fourth-order valence-corrected chi connectivity index (χ4v) is 1.80. The Morgan fingerprint density at radius 1 is 1.72 bits per heavy atom. The van der Waals surface area contributed by atoms with Gasteiger partial charge in [0.15, 0.2) is 0 Å². The fourth-order valence-electron chi connectivity index (χ4n) is 1.80. The first kappa shape index (κ1) is 12.5. The van der Waals surface area contributed by atoms with E-state index in [1.165, 1.54) is 17.2 Å². The Morgan fingerprint density at radius 3 is 3.11 bits per heavy atom. The van der Waals surface area contributed by atoms with Crippen molar-refractivity contribution in [2.45, 2.75) is 6.10 Å². The van der Waals surface area contributed by atoms with E-state index in [2.05, 4.69) is 4.98 Å². The molecule has 1 aromatic heterocycles. The second-order valence-corrected chi connectivity index (χ2v) is 3.96. The third-order valence-corrected chi connectivity index (χ3v) is 2.74. The van der Waals surface area contributed by atoms with Crippen LogP contribution in [-0.4, -0.2) is 58.2 Å². The van der Waals surface area contributed by atoms with Gasteiger partial charge in [-0.05, 0) is 0 Å². The molecule has 0 bridgehead atoms. The van der Waals surface area contributed by atoms with Crippen molar-refractivity contribution >= 4 is 11.6 Å². The first-order valence-corrected chi connectivity index (χ1v) is 5.46. The molecule has 2 rings (SSSR count). The van der Waals surface area contributed by atoms with Gasteiger partial charge in [-0.3, -0.25) is 14.9 Å². The first-order valence-electron chi connectivity index (χ1n) is 5.46. The SMILES string of the molecule is O=C(c1cc([N+](=O)[O-])c[nH]1)N1CCOC(CO)C1. The summed E-state index contributed by atoms with van der Waals surface area (Å²) in [6, 6.07) is 1.20. The van der Waals surface area contributed by atoms with Gasteiger partial charge in [0.05, 0.1) is 30.4 Å². The molecule has 1 unspecified atom stereocenters. The average Bonchev–Trinajstić information content (AvgIpc) is 2.87. The van der Waals surface area contributed by atoms with E-state index in [1.54, 1.807) is 0 Å². The second-order valence-electron chi connectivity index (χ2n) is 3.96. The molecule has 1 amide bonds. The van der Waals surface area contributed by atoms with E-state index >= 15 is 0 Å². The summed E-state index contributed by atoms with van der Waals surface area (Å²) in [7, 11) is 0. The van der Waals surface area contributed by atoms with Gasteiger partial charge in [0.1, 0.15) is 5.69 Å². The molecule has 8 nitrogen and oxygen atoms in total. The van der Waals surface area contributed by atoms with Crippen LogP contribution < -0.4 is 0 Å². The minimum Gasteiger partial charge on any atom is -0.394 e. The van der Waals surface area contributed by atoms with Crippen molar-refractivity contribution in [3.8, 4) is 0 Å². The maximum atomic E-state index is 12.0. The maximum absolute atomic E-state index is 12.0. The topological polar surface area (TPSA) is 109 Å². The Bertz CT molecular complexity index is 458. The van der Waals surface area contributed by atoms with Crippen molar-refractivity contribution in [1.82, 2.24) is 9.88 Å². The molecule has 0 aliphatic carbocycles. The van der Waals surface area contributed by atoms with Crippen LogP contribution in [0.2, 0.25) is 0 Å². The van der Waals surface area contributed by atoms with Crippen molar-refractivity contribution < 1.29 is 19.6 Å². The number of nitrogens with zero attached hydrogens (tertiary/aromatic N) is 2. The summed E-state index contributed by atoms with van der Waals surface area (Å²) < 4.78 is 5.22. The smallest absolute Gasteiger partial charge is 0.287 e. The normalized spacial score (nSPS) is 19.8. The minimum atomic E-state index is -0.566. The van der Waals surface area contributed by atoms with E-state index in [4.69, 9.17) is 9.84 Å². The summed E-state index contributed by atoms with van der Waals surface area (Å²) in [4.78, 5) is 26.1. The molecule has 8 heteroatoms. The summed E-state index contributed by atoms with van der Waals surface area (Å²) in [6.45, 7) is 0.874. The lowest BCUT2D eigenvalue weighted by molar-refractivity contribution is -0.384. The highest BCUT2D eigenvalue weighted by Gasteiger charge is 2.26. The van der Waals surface area contributed by atoms with Gasteiger partial charge in [0, 0.05) is 19.2 Å². The van der Waals surface area contributed by atoms with Gasteiger partial charge < -0.3 is 19.7 Å². The van der Waals surface area contributed by atoms with E-state index < -0.39 is 11.0 Å². The highest BCUT2D eigenvalue weighted by atomic mass is 16.6. The van der Waals surface area contributed by atoms with E-state index in [-0.39, 0.29) is 30.4 Å². The zero-order valence-corrected chi connectivity index (χ0v) is 9.54. The Hall–Kier alpha value is -1.93. The third kappa shape index (κ3) is 2.49. The Balaban J connectivity index is 2.07. The Morgan fingerprint density at radius 2 is 2.50 bits per heavy atom. The number of H-pyrrole nitrogens is 1. The molecule has 0 aromatic carbocycles. The molecule has 0 spiro atoms. The standard InChI is InChI=1S/C10H13N3O5/c14-6-8-5-12(1-2-18-8)10(15)9-3-7(4-11-9)13(16)17/h3-4,8,11,14H,1-2,5-6H2. The van der Waals surface area contributed by atoms with E-state index in [0.717, 1.165) is 0 Å². The predicted molar refractivity (Wildman–Crippen MR) is 60.2 cm³/mol. The van der Waals surface area contributed by atoms with Gasteiger partial charge in [0.25, 0.3) is 11.6 Å². The number of aromatic nitrogens is 1. The monoisotopic (exact) mass is 255 g/mol. The van der Waals surface area contributed by atoms with Crippen molar-refractivity contribution in [3.05, 3.63) is 28.1 Å². The van der Waals surface area contributed by atoms with Crippen LogP contribution in [-0.2, 0) is 4.74 Å². The number of hydrogen-bond acceptors (Lipinski definition) is 5. The molecular formula is C10H13N3O5. The van der Waals surface area contributed by atoms with Gasteiger partial charge in [0.2, 0.25) is 0 Å². The summed E-state index contributed by atoms with van der Waals surface area (Å²) in [5, 5.41) is 19.5. The molecular weight excluding hydrogens is 242 g/mol. The lowest BCUT2D eigenvalue weighted by atomic mass is 10.2. The van der Waals surface area contributed by atoms with Crippen LogP contribution in [0.5, 0.6) is 0 Å². The summed E-state index contributed by atoms with van der Waals surface area (Å²) in [5.74, 6) is -0.329. The van der Waals surface area contributed by atoms with Gasteiger partial charge in [-0.2, -0.15) is 0 Å². The molecule has 98 valence electrons. The molecule has 2 N–H and O–H groups in total. The molecule has 1 atom stereocenters. The molecule has 0 saturated carbocycles. The van der Waals surface area contributed by atoms with Crippen molar-refractivity contribution in [1.29, 1.82) is 0 Å². The number of aromatic amines is 1. The highest BCUT2D eigenvalue weighted by molar-refractivity contribution is 5.93. The highest BCUT2D eigenvalue weighted by Crippen LogP contribution is 2.15. The van der Waals surface area contributed by atoms with Crippen LogP contribution >= 0.6 is 0 Å². The predicted octanol–water partition coefficient (Wildman–Crippen LogP) is -0.244. The van der Waals surface area contributed by atoms with Crippen LogP contribution in [0, 0.1) is 10.1 Å². The van der Waals surface area contributed by atoms with Gasteiger partial charge >= 0.3 is 0 Å². The second kappa shape index (κ2) is 5.15. The lowest BCUT2D eigenvalue weighted by Crippen LogP contribution is -2.47. The molecule has 1 aromatic rings. The number of carbonyl (C=O) groups excluding carboxylic acids is 1. The lowest BCUT2D eigenvalue weighted by Gasteiger charge is -2.31. The molecule has 18 heavy (non-hydrogen) atoms. The zero-order valence-electron chi connectivity index (χ0n) is 9.54. The quantitative estimate of drug-likeness (QED) is 0.572.